The van der Waals surface area contributed by atoms with Crippen LogP contribution in [0.3, 0.4) is 0 Å². The molecule has 0 fully saturated rings. The molecule has 0 amide bonds. The average molecular weight is 242 g/mol. The molecule has 92 valence electrons. The third-order valence-electron chi connectivity index (χ3n) is 2.88. The van der Waals surface area contributed by atoms with Gasteiger partial charge in [-0.05, 0) is 18.4 Å². The fourth-order valence-corrected chi connectivity index (χ4v) is 1.90. The molecular formula is C13H15BN2O2. The van der Waals surface area contributed by atoms with Crippen LogP contribution in [0.5, 0.6) is 0 Å². The molecule has 0 saturated carbocycles. The van der Waals surface area contributed by atoms with Gasteiger partial charge in [-0.25, -0.2) is 0 Å². The summed E-state index contributed by atoms with van der Waals surface area (Å²) >= 11 is 0. The fraction of sp³-hybridized carbons (Fsp3) is 0.385. The monoisotopic (exact) mass is 242 g/mol. The topological polar surface area (TPSA) is 88.0 Å². The van der Waals surface area contributed by atoms with E-state index in [1.165, 1.54) is 6.07 Å². The van der Waals surface area contributed by atoms with Crippen LogP contribution in [0.15, 0.2) is 12.1 Å². The summed E-state index contributed by atoms with van der Waals surface area (Å²) < 4.78 is 0. The van der Waals surface area contributed by atoms with Crippen molar-refractivity contribution < 1.29 is 10.0 Å². The molecule has 0 unspecified atom stereocenters. The van der Waals surface area contributed by atoms with E-state index in [-0.39, 0.29) is 16.6 Å². The Hall–Kier alpha value is -1.82. The number of unbranched alkanes of at least 4 members (excludes halogenated alkanes) is 2. The lowest BCUT2D eigenvalue weighted by molar-refractivity contribution is 0.425. The van der Waals surface area contributed by atoms with Gasteiger partial charge in [0.05, 0.1) is 11.1 Å². The molecule has 0 aliphatic rings. The normalized spacial score (nSPS) is 9.61. The van der Waals surface area contributed by atoms with Crippen LogP contribution in [-0.2, 0) is 6.42 Å². The van der Waals surface area contributed by atoms with E-state index in [4.69, 9.17) is 20.6 Å². The fourth-order valence-electron chi connectivity index (χ4n) is 1.90. The van der Waals surface area contributed by atoms with E-state index >= 15 is 0 Å². The number of hydrogen-bond acceptors (Lipinski definition) is 4. The smallest absolute Gasteiger partial charge is 0.423 e. The lowest BCUT2D eigenvalue weighted by Crippen LogP contribution is -2.33. The molecule has 0 radical (unpaired) electrons. The Morgan fingerprint density at radius 3 is 2.28 bits per heavy atom. The van der Waals surface area contributed by atoms with Crippen molar-refractivity contribution in [2.24, 2.45) is 0 Å². The van der Waals surface area contributed by atoms with Gasteiger partial charge in [-0.2, -0.15) is 10.5 Å². The Morgan fingerprint density at radius 1 is 1.11 bits per heavy atom. The van der Waals surface area contributed by atoms with Crippen LogP contribution in [-0.4, -0.2) is 17.2 Å². The Morgan fingerprint density at radius 2 is 1.78 bits per heavy atom. The van der Waals surface area contributed by atoms with E-state index in [2.05, 4.69) is 6.92 Å². The first-order valence-corrected chi connectivity index (χ1v) is 5.97. The van der Waals surface area contributed by atoms with Gasteiger partial charge in [0.2, 0.25) is 0 Å². The standard InChI is InChI=1S/C13H15BN2O2/c1-2-3-4-5-10-6-7-13(14(17)18)12(9-16)11(10)8-15/h6-7,17-18H,2-5H2,1H3. The maximum Gasteiger partial charge on any atom is 0.489 e. The van der Waals surface area contributed by atoms with Crippen molar-refractivity contribution in [1.82, 2.24) is 0 Å². The Kier molecular flexibility index (Phi) is 5.39. The van der Waals surface area contributed by atoms with Crippen LogP contribution in [0.25, 0.3) is 0 Å². The van der Waals surface area contributed by atoms with Gasteiger partial charge in [-0.15, -0.1) is 0 Å². The molecular weight excluding hydrogens is 227 g/mol. The molecule has 18 heavy (non-hydrogen) atoms. The zero-order chi connectivity index (χ0) is 13.5. The molecule has 0 aliphatic carbocycles. The molecule has 0 atom stereocenters. The highest BCUT2D eigenvalue weighted by molar-refractivity contribution is 6.59. The van der Waals surface area contributed by atoms with Crippen LogP contribution in [0.1, 0.15) is 42.9 Å². The number of nitriles is 2. The van der Waals surface area contributed by atoms with E-state index in [0.717, 1.165) is 31.2 Å². The van der Waals surface area contributed by atoms with E-state index < -0.39 is 7.12 Å². The predicted molar refractivity (Wildman–Crippen MR) is 68.9 cm³/mol. The third-order valence-corrected chi connectivity index (χ3v) is 2.88. The van der Waals surface area contributed by atoms with Gasteiger partial charge in [-0.1, -0.05) is 31.9 Å². The van der Waals surface area contributed by atoms with E-state index in [9.17, 15) is 0 Å². The summed E-state index contributed by atoms with van der Waals surface area (Å²) in [5.41, 5.74) is 1.22. The quantitative estimate of drug-likeness (QED) is 0.591. The lowest BCUT2D eigenvalue weighted by atomic mass is 9.75. The number of aryl methyl sites for hydroxylation is 1. The Balaban J connectivity index is 3.16. The van der Waals surface area contributed by atoms with Crippen molar-refractivity contribution in [1.29, 1.82) is 10.5 Å². The van der Waals surface area contributed by atoms with Crippen molar-refractivity contribution in [3.8, 4) is 12.1 Å². The molecule has 0 aliphatic heterocycles. The molecule has 4 nitrogen and oxygen atoms in total. The summed E-state index contributed by atoms with van der Waals surface area (Å²) in [7, 11) is -1.73. The van der Waals surface area contributed by atoms with Crippen molar-refractivity contribution in [3.05, 3.63) is 28.8 Å². The van der Waals surface area contributed by atoms with Crippen LogP contribution in [0, 0.1) is 22.7 Å². The van der Waals surface area contributed by atoms with Crippen molar-refractivity contribution in [2.75, 3.05) is 0 Å². The van der Waals surface area contributed by atoms with Gasteiger partial charge in [0.1, 0.15) is 12.1 Å². The number of benzene rings is 1. The van der Waals surface area contributed by atoms with Gasteiger partial charge in [-0.3, -0.25) is 0 Å². The summed E-state index contributed by atoms with van der Waals surface area (Å²) in [5.74, 6) is 0. The van der Waals surface area contributed by atoms with Crippen LogP contribution < -0.4 is 5.46 Å². The van der Waals surface area contributed by atoms with Gasteiger partial charge in [0.25, 0.3) is 0 Å². The second kappa shape index (κ2) is 6.81. The summed E-state index contributed by atoms with van der Waals surface area (Å²) in [4.78, 5) is 0. The molecule has 1 aromatic carbocycles. The molecule has 0 saturated heterocycles. The second-order valence-corrected chi connectivity index (χ2v) is 4.12. The van der Waals surface area contributed by atoms with Gasteiger partial charge < -0.3 is 10.0 Å². The zero-order valence-electron chi connectivity index (χ0n) is 10.3. The number of rotatable bonds is 5. The Bertz CT molecular complexity index is 501. The summed E-state index contributed by atoms with van der Waals surface area (Å²) in [5, 5.41) is 36.5. The Labute approximate surface area is 107 Å². The molecule has 0 heterocycles. The molecule has 0 bridgehead atoms. The van der Waals surface area contributed by atoms with Crippen molar-refractivity contribution >= 4 is 12.6 Å². The predicted octanol–water partition coefficient (Wildman–Crippen LogP) is 0.842. The minimum atomic E-state index is -1.73. The maximum atomic E-state index is 9.16. The number of hydrogen-bond donors (Lipinski definition) is 2. The first-order valence-electron chi connectivity index (χ1n) is 5.97. The minimum absolute atomic E-state index is 0.0708. The number of nitrogens with zero attached hydrogens (tertiary/aromatic N) is 2. The average Bonchev–Trinajstić information content (AvgIpc) is 2.37. The van der Waals surface area contributed by atoms with E-state index in [1.807, 2.05) is 12.1 Å². The molecule has 1 aromatic rings. The van der Waals surface area contributed by atoms with Gasteiger partial charge in [0, 0.05) is 5.46 Å². The van der Waals surface area contributed by atoms with Crippen molar-refractivity contribution in [3.63, 3.8) is 0 Å². The van der Waals surface area contributed by atoms with Crippen LogP contribution >= 0.6 is 0 Å². The summed E-state index contributed by atoms with van der Waals surface area (Å²) in [6.07, 6.45) is 3.84. The SMILES string of the molecule is CCCCCc1ccc(B(O)O)c(C#N)c1C#N. The first kappa shape index (κ1) is 14.2. The molecule has 1 rings (SSSR count). The zero-order valence-corrected chi connectivity index (χ0v) is 10.3. The first-order chi connectivity index (χ1) is 8.65. The lowest BCUT2D eigenvalue weighted by Gasteiger charge is -2.09. The van der Waals surface area contributed by atoms with Crippen molar-refractivity contribution in [2.45, 2.75) is 32.6 Å². The van der Waals surface area contributed by atoms with Crippen LogP contribution in [0.2, 0.25) is 0 Å². The molecule has 2 N–H and O–H groups in total. The molecule has 5 heteroatoms. The highest BCUT2D eigenvalue weighted by Crippen LogP contribution is 2.15. The summed E-state index contributed by atoms with van der Waals surface area (Å²) in [6.45, 7) is 2.09. The highest BCUT2D eigenvalue weighted by Gasteiger charge is 2.20. The molecule has 0 spiro atoms. The maximum absolute atomic E-state index is 9.16. The van der Waals surface area contributed by atoms with Crippen LogP contribution in [0.4, 0.5) is 0 Å². The van der Waals surface area contributed by atoms with E-state index in [1.54, 1.807) is 6.07 Å². The van der Waals surface area contributed by atoms with Gasteiger partial charge >= 0.3 is 7.12 Å². The van der Waals surface area contributed by atoms with E-state index in [0.29, 0.717) is 0 Å². The third kappa shape index (κ3) is 3.10. The highest BCUT2D eigenvalue weighted by atomic mass is 16.4. The summed E-state index contributed by atoms with van der Waals surface area (Å²) in [6, 6.07) is 7.08. The second-order valence-electron chi connectivity index (χ2n) is 4.12. The molecule has 0 aromatic heterocycles. The largest absolute Gasteiger partial charge is 0.489 e. The van der Waals surface area contributed by atoms with Gasteiger partial charge in [0.15, 0.2) is 0 Å². The minimum Gasteiger partial charge on any atom is -0.423 e.